The molecule has 0 saturated heterocycles. The summed E-state index contributed by atoms with van der Waals surface area (Å²) in [5, 5.41) is 4.05. The van der Waals surface area contributed by atoms with Crippen LogP contribution in [-0.2, 0) is 6.42 Å². The Labute approximate surface area is 122 Å². The summed E-state index contributed by atoms with van der Waals surface area (Å²) < 4.78 is 3.91. The van der Waals surface area contributed by atoms with Crippen LogP contribution in [0.1, 0.15) is 35.6 Å². The molecule has 0 aliphatic carbocycles. The molecule has 2 N–H and O–H groups in total. The molecule has 0 atom stereocenters. The second-order valence-electron chi connectivity index (χ2n) is 4.44. The van der Waals surface area contributed by atoms with Crippen LogP contribution in [0, 0.1) is 0 Å². The highest BCUT2D eigenvalue weighted by Crippen LogP contribution is 2.22. The molecule has 0 aliphatic rings. The van der Waals surface area contributed by atoms with Crippen molar-refractivity contribution in [3.63, 3.8) is 0 Å². The van der Waals surface area contributed by atoms with Gasteiger partial charge in [-0.2, -0.15) is 0 Å². The summed E-state index contributed by atoms with van der Waals surface area (Å²) in [6, 6.07) is 7.29. The van der Waals surface area contributed by atoms with E-state index in [2.05, 4.69) is 16.5 Å². The Morgan fingerprint density at radius 2 is 2.00 bits per heavy atom. The van der Waals surface area contributed by atoms with Gasteiger partial charge in [-0.15, -0.1) is 5.10 Å². The molecule has 0 unspecified atom stereocenters. The average molecular weight is 290 g/mol. The molecule has 1 aromatic carbocycles. The van der Waals surface area contributed by atoms with Gasteiger partial charge in [-0.25, -0.2) is 0 Å². The number of hydrogen-bond donors (Lipinski definition) is 1. The maximum atomic E-state index is 12.6. The van der Waals surface area contributed by atoms with Gasteiger partial charge in [0.25, 0.3) is 5.91 Å². The first-order valence-electron chi connectivity index (χ1n) is 6.66. The predicted molar refractivity (Wildman–Crippen MR) is 82.1 cm³/mol. The number of benzene rings is 1. The van der Waals surface area contributed by atoms with E-state index in [0.717, 1.165) is 35.8 Å². The van der Waals surface area contributed by atoms with Crippen molar-refractivity contribution in [1.82, 2.24) is 9.59 Å². The first-order valence-corrected chi connectivity index (χ1v) is 7.43. The third-order valence-corrected chi connectivity index (χ3v) is 3.76. The summed E-state index contributed by atoms with van der Waals surface area (Å²) in [7, 11) is 0. The SMILES string of the molecule is CCCc1nnsc1C(=O)N(CC)c1ccc(N)cc1. The molecule has 1 aromatic heterocycles. The maximum absolute atomic E-state index is 12.6. The van der Waals surface area contributed by atoms with E-state index >= 15 is 0 Å². The molecule has 2 rings (SSSR count). The van der Waals surface area contributed by atoms with Crippen molar-refractivity contribution in [3.05, 3.63) is 34.8 Å². The molecule has 0 saturated carbocycles. The van der Waals surface area contributed by atoms with Crippen molar-refractivity contribution in [2.75, 3.05) is 17.2 Å². The summed E-state index contributed by atoms with van der Waals surface area (Å²) in [6.07, 6.45) is 1.72. The fourth-order valence-electron chi connectivity index (χ4n) is 1.99. The Kier molecular flexibility index (Phi) is 4.68. The molecule has 5 nitrogen and oxygen atoms in total. The molecule has 0 bridgehead atoms. The van der Waals surface area contributed by atoms with Gasteiger partial charge >= 0.3 is 0 Å². The summed E-state index contributed by atoms with van der Waals surface area (Å²) >= 11 is 1.16. The second kappa shape index (κ2) is 6.47. The van der Waals surface area contributed by atoms with Gasteiger partial charge in [-0.05, 0) is 49.1 Å². The monoisotopic (exact) mass is 290 g/mol. The number of carbonyl (C=O) groups is 1. The predicted octanol–water partition coefficient (Wildman–Crippen LogP) is 2.74. The summed E-state index contributed by atoms with van der Waals surface area (Å²) in [5.74, 6) is -0.0456. The Morgan fingerprint density at radius 1 is 1.30 bits per heavy atom. The normalized spacial score (nSPS) is 10.5. The van der Waals surface area contributed by atoms with E-state index in [0.29, 0.717) is 17.1 Å². The first kappa shape index (κ1) is 14.5. The smallest absolute Gasteiger partial charge is 0.271 e. The molecule has 1 amide bonds. The molecule has 0 spiro atoms. The van der Waals surface area contributed by atoms with Crippen LogP contribution in [0.4, 0.5) is 11.4 Å². The number of rotatable bonds is 5. The van der Waals surface area contributed by atoms with Gasteiger partial charge in [-0.3, -0.25) is 4.79 Å². The number of nitrogen functional groups attached to an aromatic ring is 1. The van der Waals surface area contributed by atoms with Crippen LogP contribution in [0.25, 0.3) is 0 Å². The zero-order chi connectivity index (χ0) is 14.5. The minimum Gasteiger partial charge on any atom is -0.399 e. The number of amides is 1. The molecule has 1 heterocycles. The van der Waals surface area contributed by atoms with Crippen LogP contribution >= 0.6 is 11.5 Å². The summed E-state index contributed by atoms with van der Waals surface area (Å²) in [5.41, 5.74) is 7.99. The van der Waals surface area contributed by atoms with Crippen molar-refractivity contribution in [2.45, 2.75) is 26.7 Å². The number of nitrogens with zero attached hydrogens (tertiary/aromatic N) is 3. The van der Waals surface area contributed by atoms with Gasteiger partial charge < -0.3 is 10.6 Å². The van der Waals surface area contributed by atoms with Gasteiger partial charge in [0.05, 0.1) is 5.69 Å². The van der Waals surface area contributed by atoms with Crippen LogP contribution in [0.3, 0.4) is 0 Å². The number of aryl methyl sites for hydroxylation is 1. The topological polar surface area (TPSA) is 72.1 Å². The maximum Gasteiger partial charge on any atom is 0.271 e. The van der Waals surface area contributed by atoms with E-state index in [1.807, 2.05) is 19.1 Å². The minimum atomic E-state index is -0.0456. The molecule has 0 radical (unpaired) electrons. The third-order valence-electron chi connectivity index (χ3n) is 3.00. The zero-order valence-corrected chi connectivity index (χ0v) is 12.5. The van der Waals surface area contributed by atoms with Gasteiger partial charge in [0.1, 0.15) is 4.88 Å². The minimum absolute atomic E-state index is 0.0456. The van der Waals surface area contributed by atoms with Crippen molar-refractivity contribution >= 4 is 28.8 Å². The number of carbonyl (C=O) groups excluding carboxylic acids is 1. The second-order valence-corrected chi connectivity index (χ2v) is 5.19. The largest absolute Gasteiger partial charge is 0.399 e. The average Bonchev–Trinajstić information content (AvgIpc) is 2.90. The lowest BCUT2D eigenvalue weighted by atomic mass is 10.2. The number of aromatic nitrogens is 2. The van der Waals surface area contributed by atoms with Crippen molar-refractivity contribution in [2.24, 2.45) is 0 Å². The molecule has 0 fully saturated rings. The first-order chi connectivity index (χ1) is 9.67. The van der Waals surface area contributed by atoms with Crippen molar-refractivity contribution in [1.29, 1.82) is 0 Å². The summed E-state index contributed by atoms with van der Waals surface area (Å²) in [4.78, 5) is 15.0. The number of hydrogen-bond acceptors (Lipinski definition) is 5. The Bertz CT molecular complexity index is 579. The Morgan fingerprint density at radius 3 is 2.60 bits per heavy atom. The highest BCUT2D eigenvalue weighted by molar-refractivity contribution is 7.08. The molecule has 20 heavy (non-hydrogen) atoms. The third kappa shape index (κ3) is 2.96. The lowest BCUT2D eigenvalue weighted by Crippen LogP contribution is -2.30. The Balaban J connectivity index is 2.29. The highest BCUT2D eigenvalue weighted by Gasteiger charge is 2.22. The van der Waals surface area contributed by atoms with E-state index in [1.54, 1.807) is 17.0 Å². The van der Waals surface area contributed by atoms with E-state index in [4.69, 9.17) is 5.73 Å². The van der Waals surface area contributed by atoms with Crippen LogP contribution in [0.2, 0.25) is 0 Å². The number of anilines is 2. The zero-order valence-electron chi connectivity index (χ0n) is 11.7. The van der Waals surface area contributed by atoms with E-state index in [9.17, 15) is 4.79 Å². The van der Waals surface area contributed by atoms with Crippen LogP contribution in [0.5, 0.6) is 0 Å². The molecule has 6 heteroatoms. The van der Waals surface area contributed by atoms with Gasteiger partial charge in [-0.1, -0.05) is 17.8 Å². The summed E-state index contributed by atoms with van der Waals surface area (Å²) in [6.45, 7) is 4.60. The standard InChI is InChI=1S/C14H18N4OS/c1-3-5-12-13(20-17-16-12)14(19)18(4-2)11-8-6-10(15)7-9-11/h6-9H,3-5,15H2,1-2H3. The lowest BCUT2D eigenvalue weighted by molar-refractivity contribution is 0.0991. The van der Waals surface area contributed by atoms with E-state index < -0.39 is 0 Å². The van der Waals surface area contributed by atoms with Crippen molar-refractivity contribution in [3.8, 4) is 0 Å². The van der Waals surface area contributed by atoms with Crippen LogP contribution in [0.15, 0.2) is 24.3 Å². The van der Waals surface area contributed by atoms with Crippen LogP contribution in [-0.4, -0.2) is 22.0 Å². The highest BCUT2D eigenvalue weighted by atomic mass is 32.1. The van der Waals surface area contributed by atoms with E-state index in [1.165, 1.54) is 0 Å². The lowest BCUT2D eigenvalue weighted by Gasteiger charge is -2.20. The fraction of sp³-hybridized carbons (Fsp3) is 0.357. The van der Waals surface area contributed by atoms with Crippen LogP contribution < -0.4 is 10.6 Å². The van der Waals surface area contributed by atoms with E-state index in [-0.39, 0.29) is 5.91 Å². The molecular formula is C14H18N4OS. The number of nitrogens with two attached hydrogens (primary N) is 1. The quantitative estimate of drug-likeness (QED) is 0.859. The van der Waals surface area contributed by atoms with Gasteiger partial charge in [0.2, 0.25) is 0 Å². The molecular weight excluding hydrogens is 272 g/mol. The molecule has 106 valence electrons. The van der Waals surface area contributed by atoms with Crippen molar-refractivity contribution < 1.29 is 4.79 Å². The molecule has 0 aliphatic heterocycles. The van der Waals surface area contributed by atoms with Gasteiger partial charge in [0.15, 0.2) is 0 Å². The van der Waals surface area contributed by atoms with Gasteiger partial charge in [0, 0.05) is 17.9 Å². The fourth-order valence-corrected chi connectivity index (χ4v) is 2.65. The molecule has 2 aromatic rings. The Hall–Kier alpha value is -1.95.